The van der Waals surface area contributed by atoms with E-state index in [9.17, 15) is 14.7 Å². The van der Waals surface area contributed by atoms with Gasteiger partial charge in [0, 0.05) is 25.2 Å². The summed E-state index contributed by atoms with van der Waals surface area (Å²) < 4.78 is 25.3. The zero-order chi connectivity index (χ0) is 14.9. The molecule has 0 aromatic carbocycles. The molecule has 4 atom stereocenters. The maximum Gasteiger partial charge on any atom is 0.330 e. The van der Waals surface area contributed by atoms with E-state index in [1.54, 1.807) is 6.92 Å². The van der Waals surface area contributed by atoms with Crippen molar-refractivity contribution in [3.63, 3.8) is 0 Å². The first-order valence-electron chi connectivity index (χ1n) is 6.65. The molecule has 1 aliphatic heterocycles. The van der Waals surface area contributed by atoms with Crippen LogP contribution >= 0.6 is 0 Å². The van der Waals surface area contributed by atoms with Crippen LogP contribution in [-0.4, -0.2) is 40.5 Å². The van der Waals surface area contributed by atoms with Crippen LogP contribution in [0.15, 0.2) is 15.8 Å². The second-order valence-corrected chi connectivity index (χ2v) is 4.24. The van der Waals surface area contributed by atoms with Crippen LogP contribution in [0.2, 0.25) is 0 Å². The van der Waals surface area contributed by atoms with E-state index in [4.69, 9.17) is 12.2 Å². The lowest BCUT2D eigenvalue weighted by Crippen LogP contribution is -2.33. The largest absolute Gasteiger partial charge is 0.390 e. The summed E-state index contributed by atoms with van der Waals surface area (Å²) in [6.45, 7) is 1.46. The van der Waals surface area contributed by atoms with Gasteiger partial charge in [-0.1, -0.05) is 0 Å². The highest BCUT2D eigenvalue weighted by Gasteiger charge is 2.35. The minimum atomic E-state index is -1.46. The smallest absolute Gasteiger partial charge is 0.330 e. The molecule has 7 heteroatoms. The third kappa shape index (κ3) is 2.38. The number of aryl methyl sites for hydroxylation is 1. The molecule has 1 aromatic heterocycles. The van der Waals surface area contributed by atoms with E-state index in [2.05, 4.69) is 4.98 Å². The van der Waals surface area contributed by atoms with Gasteiger partial charge in [0.2, 0.25) is 0 Å². The van der Waals surface area contributed by atoms with Crippen molar-refractivity contribution in [2.24, 2.45) is 0 Å². The number of aliphatic hydroxyl groups excluding tert-OH is 1. The van der Waals surface area contributed by atoms with Crippen LogP contribution in [0, 0.1) is 6.92 Å². The fourth-order valence-corrected chi connectivity index (χ4v) is 1.93. The van der Waals surface area contributed by atoms with Gasteiger partial charge >= 0.3 is 5.69 Å². The summed E-state index contributed by atoms with van der Waals surface area (Å²) in [7, 11) is -1.46. The van der Waals surface area contributed by atoms with Crippen LogP contribution in [0.1, 0.15) is 21.0 Å². The third-order valence-electron chi connectivity index (χ3n) is 2.92. The van der Waals surface area contributed by atoms with E-state index < -0.39 is 36.7 Å². The first-order chi connectivity index (χ1) is 9.38. The lowest BCUT2D eigenvalue weighted by Gasteiger charge is -2.15. The first kappa shape index (κ1) is 10.5. The number of aliphatic hydroxyl groups is 1. The maximum absolute atomic E-state index is 11.7. The van der Waals surface area contributed by atoms with E-state index in [1.165, 1.54) is 10.8 Å². The molecule has 100 valence electrons. The number of hydrogen-bond acceptors (Lipinski definition) is 5. The van der Waals surface area contributed by atoms with Gasteiger partial charge in [0.15, 0.2) is 0 Å². The maximum atomic E-state index is 11.7. The number of H-pyrrole nitrogens is 1. The molecule has 0 aliphatic carbocycles. The van der Waals surface area contributed by atoms with Gasteiger partial charge in [0.25, 0.3) is 5.56 Å². The van der Waals surface area contributed by atoms with Crippen LogP contribution < -0.4 is 11.2 Å². The van der Waals surface area contributed by atoms with Gasteiger partial charge in [0.05, 0.1) is 15.5 Å². The van der Waals surface area contributed by atoms with Gasteiger partial charge < -0.3 is 14.6 Å². The summed E-state index contributed by atoms with van der Waals surface area (Å²) >= 11 is 0. The highest BCUT2D eigenvalue weighted by atomic mass is 16.6. The highest BCUT2D eigenvalue weighted by Crippen LogP contribution is 2.27. The van der Waals surface area contributed by atoms with Crippen LogP contribution in [0.4, 0.5) is 0 Å². The molecular weight excluding hydrogens is 240 g/mol. The topological polar surface area (TPSA) is 93.5 Å². The monoisotopic (exact) mass is 259 g/mol. The van der Waals surface area contributed by atoms with E-state index >= 15 is 0 Å². The van der Waals surface area contributed by atoms with E-state index in [1.807, 2.05) is 0 Å². The van der Waals surface area contributed by atoms with Gasteiger partial charge in [0.1, 0.15) is 12.3 Å². The summed E-state index contributed by atoms with van der Waals surface area (Å²) in [5.74, 6) is 0. The number of ether oxygens (including phenoxy) is 2. The molecule has 1 fully saturated rings. The Balaban J connectivity index is 2.14. The summed E-state index contributed by atoms with van der Waals surface area (Å²) in [5.41, 5.74) is -0.714. The molecule has 2 rings (SSSR count). The summed E-state index contributed by atoms with van der Waals surface area (Å²) in [4.78, 5) is 25.2. The third-order valence-corrected chi connectivity index (χ3v) is 2.92. The molecule has 2 N–H and O–H groups in total. The lowest BCUT2D eigenvalue weighted by atomic mass is 10.2. The SMILES string of the molecule is [2H]C([3H])OCC1OC(n2cc(C)c(=O)[nH]c2=O)CC1O. The fraction of sp³-hybridized carbons (Fsp3) is 0.636. The predicted molar refractivity (Wildman–Crippen MR) is 62.5 cm³/mol. The molecule has 1 aliphatic rings. The molecule has 0 saturated carbocycles. The zero-order valence-corrected chi connectivity index (χ0v) is 9.83. The Kier molecular flexibility index (Phi) is 2.94. The van der Waals surface area contributed by atoms with Crippen molar-refractivity contribution < 1.29 is 17.3 Å². The second kappa shape index (κ2) is 5.05. The number of aromatic nitrogens is 2. The number of methoxy groups -OCH3 is 1. The molecule has 4 unspecified atom stereocenters. The molecule has 1 aromatic rings. The minimum absolute atomic E-state index is 0.105. The number of rotatable bonds is 3. The summed E-state index contributed by atoms with van der Waals surface area (Å²) in [5, 5.41) is 9.83. The first-order valence-corrected chi connectivity index (χ1v) is 5.50. The van der Waals surface area contributed by atoms with Gasteiger partial charge in [-0.15, -0.1) is 0 Å². The Hall–Kier alpha value is -1.44. The van der Waals surface area contributed by atoms with Crippen LogP contribution in [-0.2, 0) is 9.47 Å². The highest BCUT2D eigenvalue weighted by molar-refractivity contribution is 5.02. The number of aromatic amines is 1. The predicted octanol–water partition coefficient (Wildman–Crippen LogP) is -0.860. The Morgan fingerprint density at radius 1 is 1.83 bits per heavy atom. The molecule has 2 heterocycles. The lowest BCUT2D eigenvalue weighted by molar-refractivity contribution is -0.0547. The molecule has 7 nitrogen and oxygen atoms in total. The minimum Gasteiger partial charge on any atom is -0.390 e. The Labute approximate surface area is 106 Å². The van der Waals surface area contributed by atoms with Gasteiger partial charge in [-0.05, 0) is 6.92 Å². The molecule has 0 radical (unpaired) electrons. The molecule has 1 saturated heterocycles. The molecule has 0 spiro atoms. The van der Waals surface area contributed by atoms with Gasteiger partial charge in [-0.25, -0.2) is 4.79 Å². The van der Waals surface area contributed by atoms with E-state index in [0.29, 0.717) is 5.56 Å². The number of hydrogen-bond donors (Lipinski definition) is 2. The van der Waals surface area contributed by atoms with Crippen molar-refractivity contribution in [2.75, 3.05) is 13.7 Å². The van der Waals surface area contributed by atoms with Crippen molar-refractivity contribution in [3.05, 3.63) is 32.6 Å². The van der Waals surface area contributed by atoms with Crippen LogP contribution in [0.5, 0.6) is 0 Å². The van der Waals surface area contributed by atoms with Gasteiger partial charge in [-0.2, -0.15) is 0 Å². The van der Waals surface area contributed by atoms with Crippen LogP contribution in [0.25, 0.3) is 0 Å². The van der Waals surface area contributed by atoms with E-state index in [0.717, 1.165) is 0 Å². The fourth-order valence-electron chi connectivity index (χ4n) is 1.93. The van der Waals surface area contributed by atoms with Crippen molar-refractivity contribution in [3.8, 4) is 0 Å². The molecule has 0 bridgehead atoms. The van der Waals surface area contributed by atoms with Crippen molar-refractivity contribution in [1.82, 2.24) is 9.55 Å². The second-order valence-electron chi connectivity index (χ2n) is 4.24. The number of nitrogens with zero attached hydrogens (tertiary/aromatic N) is 1. The molecule has 0 amide bonds. The number of nitrogens with one attached hydrogen (secondary N) is 1. The standard InChI is InChI=1S/C11H16N2O5/c1-6-4-13(11(16)12-10(6)15)9-3-7(14)8(18-9)5-17-2/h4,7-9,14H,3,5H2,1-2H3,(H,12,15,16)/i2TD. The Bertz CT molecular complexity index is 585. The molecule has 18 heavy (non-hydrogen) atoms. The summed E-state index contributed by atoms with van der Waals surface area (Å²) in [6.07, 6.45) is -0.744. The zero-order valence-electron chi connectivity index (χ0n) is 11.8. The average molecular weight is 259 g/mol. The summed E-state index contributed by atoms with van der Waals surface area (Å²) in [6, 6.07) is 0. The molecular formula is C11H16N2O5. The van der Waals surface area contributed by atoms with E-state index in [-0.39, 0.29) is 13.0 Å². The Morgan fingerprint density at radius 3 is 3.33 bits per heavy atom. The average Bonchev–Trinajstić information content (AvgIpc) is 2.72. The van der Waals surface area contributed by atoms with Crippen molar-refractivity contribution in [2.45, 2.75) is 31.8 Å². The Morgan fingerprint density at radius 2 is 2.61 bits per heavy atom. The van der Waals surface area contributed by atoms with Gasteiger partial charge in [-0.3, -0.25) is 14.3 Å². The normalized spacial score (nSPS) is 30.9. The van der Waals surface area contributed by atoms with Crippen molar-refractivity contribution in [1.29, 1.82) is 0 Å². The quantitative estimate of drug-likeness (QED) is 0.736. The van der Waals surface area contributed by atoms with Crippen LogP contribution in [0.3, 0.4) is 0 Å². The van der Waals surface area contributed by atoms with Crippen molar-refractivity contribution >= 4 is 0 Å².